The molecular formula is C25H33N3O2S2. The molecule has 2 aromatic rings. The number of thioether (sulfide) groups is 1. The molecule has 1 saturated heterocycles. The number of aliphatic hydroxyl groups is 1. The smallest absolute Gasteiger partial charge is 0.225 e. The van der Waals surface area contributed by atoms with Crippen molar-refractivity contribution < 1.29 is 9.90 Å². The van der Waals surface area contributed by atoms with Crippen LogP contribution in [0.2, 0.25) is 0 Å². The highest BCUT2D eigenvalue weighted by atomic mass is 32.2. The van der Waals surface area contributed by atoms with E-state index in [2.05, 4.69) is 24.9 Å². The lowest BCUT2D eigenvalue weighted by Gasteiger charge is -2.53. The van der Waals surface area contributed by atoms with Gasteiger partial charge in [-0.1, -0.05) is 20.8 Å². The fraction of sp³-hybridized carbons (Fsp3) is 0.640. The van der Waals surface area contributed by atoms with Crippen molar-refractivity contribution in [2.45, 2.75) is 52.1 Å². The van der Waals surface area contributed by atoms with Crippen LogP contribution in [0.3, 0.4) is 0 Å². The third kappa shape index (κ3) is 3.80. The summed E-state index contributed by atoms with van der Waals surface area (Å²) in [5.41, 5.74) is 2.25. The van der Waals surface area contributed by atoms with Crippen LogP contribution in [0.1, 0.15) is 50.1 Å². The minimum atomic E-state index is -0.474. The molecule has 2 fully saturated rings. The Bertz CT molecular complexity index is 975. The SMILES string of the molecule is C[C@H](C(=O)N1CCSCC1)[C@H]1CC[C@]2(C)Cc3sc(-c4cccnc4)nc3[C@H](C)[C@@H]2[C@H]1O. The topological polar surface area (TPSA) is 66.3 Å². The molecule has 1 saturated carbocycles. The first-order chi connectivity index (χ1) is 15.4. The van der Waals surface area contributed by atoms with Gasteiger partial charge in [0.2, 0.25) is 5.91 Å². The summed E-state index contributed by atoms with van der Waals surface area (Å²) in [6.45, 7) is 8.30. The van der Waals surface area contributed by atoms with Gasteiger partial charge in [0.05, 0.1) is 11.8 Å². The standard InChI is InChI=1S/C25H33N3O2S2/c1-15(24(30)28-9-11-31-12-10-28)18-6-7-25(3)13-19-21(16(2)20(25)22(18)29)27-23(32-19)17-5-4-8-26-14-17/h4-5,8,14-16,18,20,22,29H,6-7,9-13H2,1-3H3/t15-,16+,18+,20+,22-,25+/m0/s1. The minimum Gasteiger partial charge on any atom is -0.392 e. The molecule has 1 amide bonds. The third-order valence-corrected chi connectivity index (χ3v) is 10.2. The van der Waals surface area contributed by atoms with E-state index in [4.69, 9.17) is 4.98 Å². The maximum absolute atomic E-state index is 13.2. The van der Waals surface area contributed by atoms with E-state index in [0.29, 0.717) is 0 Å². The highest BCUT2D eigenvalue weighted by molar-refractivity contribution is 7.99. The van der Waals surface area contributed by atoms with Crippen molar-refractivity contribution in [1.82, 2.24) is 14.9 Å². The summed E-state index contributed by atoms with van der Waals surface area (Å²) in [6.07, 6.45) is 6.12. The molecule has 5 nitrogen and oxygen atoms in total. The van der Waals surface area contributed by atoms with Crippen LogP contribution in [0.4, 0.5) is 0 Å². The van der Waals surface area contributed by atoms with E-state index in [0.717, 1.165) is 60.1 Å². The Morgan fingerprint density at radius 3 is 2.84 bits per heavy atom. The summed E-state index contributed by atoms with van der Waals surface area (Å²) in [4.78, 5) is 25.9. The van der Waals surface area contributed by atoms with Gasteiger partial charge in [0.1, 0.15) is 5.01 Å². The Morgan fingerprint density at radius 1 is 1.34 bits per heavy atom. The molecule has 0 radical (unpaired) electrons. The Labute approximate surface area is 199 Å². The van der Waals surface area contributed by atoms with E-state index in [9.17, 15) is 9.90 Å². The normalized spacial score (nSPS) is 33.3. The Morgan fingerprint density at radius 2 is 2.12 bits per heavy atom. The number of fused-ring (bicyclic) bond motifs is 2. The molecule has 32 heavy (non-hydrogen) atoms. The fourth-order valence-corrected chi connectivity index (χ4v) is 8.67. The van der Waals surface area contributed by atoms with E-state index in [1.807, 2.05) is 35.8 Å². The summed E-state index contributed by atoms with van der Waals surface area (Å²) in [6, 6.07) is 4.02. The molecule has 2 aromatic heterocycles. The van der Waals surface area contributed by atoms with E-state index in [1.165, 1.54) is 4.88 Å². The number of pyridine rings is 1. The fourth-order valence-electron chi connectivity index (χ4n) is 6.41. The lowest BCUT2D eigenvalue weighted by atomic mass is 9.53. The number of carbonyl (C=O) groups is 1. The molecule has 0 aromatic carbocycles. The summed E-state index contributed by atoms with van der Waals surface area (Å²) >= 11 is 3.70. The first kappa shape index (κ1) is 22.4. The molecule has 0 unspecified atom stereocenters. The highest BCUT2D eigenvalue weighted by Gasteiger charge is 2.54. The predicted octanol–water partition coefficient (Wildman–Crippen LogP) is 4.47. The second kappa shape index (κ2) is 8.73. The number of thiazole rings is 1. The van der Waals surface area contributed by atoms with Crippen LogP contribution in [0.15, 0.2) is 24.5 Å². The maximum Gasteiger partial charge on any atom is 0.225 e. The molecule has 3 heterocycles. The van der Waals surface area contributed by atoms with Gasteiger partial charge in [-0.2, -0.15) is 11.8 Å². The Hall–Kier alpha value is -1.44. The molecule has 5 rings (SSSR count). The van der Waals surface area contributed by atoms with Gasteiger partial charge in [0, 0.05) is 59.3 Å². The van der Waals surface area contributed by atoms with Crippen molar-refractivity contribution in [3.8, 4) is 10.6 Å². The predicted molar refractivity (Wildman–Crippen MR) is 131 cm³/mol. The quantitative estimate of drug-likeness (QED) is 0.715. The number of hydrogen-bond donors (Lipinski definition) is 1. The number of aliphatic hydroxyl groups excluding tert-OH is 1. The Kier molecular flexibility index (Phi) is 6.10. The molecule has 3 aliphatic rings. The summed E-state index contributed by atoms with van der Waals surface area (Å²) in [5.74, 6) is 2.48. The van der Waals surface area contributed by atoms with Crippen molar-refractivity contribution in [3.63, 3.8) is 0 Å². The molecule has 1 N–H and O–H groups in total. The molecule has 172 valence electrons. The second-order valence-electron chi connectivity index (χ2n) is 10.1. The van der Waals surface area contributed by atoms with Crippen LogP contribution in [0, 0.1) is 23.2 Å². The van der Waals surface area contributed by atoms with Gasteiger partial charge in [-0.05, 0) is 48.6 Å². The molecule has 0 bridgehead atoms. The van der Waals surface area contributed by atoms with Crippen molar-refractivity contribution in [3.05, 3.63) is 35.1 Å². The summed E-state index contributed by atoms with van der Waals surface area (Å²) in [7, 11) is 0. The maximum atomic E-state index is 13.2. The van der Waals surface area contributed by atoms with Gasteiger partial charge in [-0.25, -0.2) is 4.98 Å². The van der Waals surface area contributed by atoms with Crippen molar-refractivity contribution >= 4 is 29.0 Å². The van der Waals surface area contributed by atoms with E-state index in [-0.39, 0.29) is 35.0 Å². The van der Waals surface area contributed by atoms with E-state index in [1.54, 1.807) is 17.5 Å². The van der Waals surface area contributed by atoms with Crippen LogP contribution in [0.25, 0.3) is 10.6 Å². The van der Waals surface area contributed by atoms with E-state index < -0.39 is 6.10 Å². The van der Waals surface area contributed by atoms with Gasteiger partial charge in [-0.3, -0.25) is 9.78 Å². The molecule has 1 aliphatic heterocycles. The molecule has 7 heteroatoms. The Balaban J connectivity index is 1.40. The number of hydrogen-bond acceptors (Lipinski definition) is 6. The largest absolute Gasteiger partial charge is 0.392 e. The van der Waals surface area contributed by atoms with Gasteiger partial charge in [-0.15, -0.1) is 11.3 Å². The van der Waals surface area contributed by atoms with Crippen molar-refractivity contribution in [2.24, 2.45) is 23.2 Å². The van der Waals surface area contributed by atoms with Crippen LogP contribution in [-0.4, -0.2) is 56.6 Å². The van der Waals surface area contributed by atoms with Crippen LogP contribution < -0.4 is 0 Å². The monoisotopic (exact) mass is 471 g/mol. The summed E-state index contributed by atoms with van der Waals surface area (Å²) in [5, 5.41) is 12.7. The average molecular weight is 472 g/mol. The van der Waals surface area contributed by atoms with Crippen LogP contribution >= 0.6 is 23.1 Å². The second-order valence-corrected chi connectivity index (χ2v) is 12.4. The number of nitrogens with zero attached hydrogens (tertiary/aromatic N) is 3. The zero-order valence-corrected chi connectivity index (χ0v) is 20.8. The molecule has 6 atom stereocenters. The van der Waals surface area contributed by atoms with E-state index >= 15 is 0 Å². The number of amides is 1. The van der Waals surface area contributed by atoms with Crippen molar-refractivity contribution in [1.29, 1.82) is 0 Å². The first-order valence-electron chi connectivity index (χ1n) is 11.8. The van der Waals surface area contributed by atoms with Crippen LogP contribution in [-0.2, 0) is 11.2 Å². The lowest BCUT2D eigenvalue weighted by Crippen LogP contribution is -2.54. The number of carbonyl (C=O) groups excluding carboxylic acids is 1. The van der Waals surface area contributed by atoms with Crippen molar-refractivity contribution in [2.75, 3.05) is 24.6 Å². The van der Waals surface area contributed by atoms with Gasteiger partial charge in [0.15, 0.2) is 0 Å². The average Bonchev–Trinajstić information content (AvgIpc) is 3.23. The molecule has 2 aliphatic carbocycles. The molecule has 0 spiro atoms. The highest BCUT2D eigenvalue weighted by Crippen LogP contribution is 2.57. The number of rotatable bonds is 3. The minimum absolute atomic E-state index is 0.0237. The molecular weight excluding hydrogens is 438 g/mol. The number of aromatic nitrogens is 2. The third-order valence-electron chi connectivity index (χ3n) is 8.19. The lowest BCUT2D eigenvalue weighted by molar-refractivity contribution is -0.144. The van der Waals surface area contributed by atoms with Gasteiger partial charge < -0.3 is 10.0 Å². The zero-order valence-electron chi connectivity index (χ0n) is 19.2. The summed E-state index contributed by atoms with van der Waals surface area (Å²) < 4.78 is 0. The first-order valence-corrected chi connectivity index (χ1v) is 13.8. The zero-order chi connectivity index (χ0) is 22.5. The van der Waals surface area contributed by atoms with Gasteiger partial charge >= 0.3 is 0 Å². The van der Waals surface area contributed by atoms with Gasteiger partial charge in [0.25, 0.3) is 0 Å². The van der Waals surface area contributed by atoms with Crippen LogP contribution in [0.5, 0.6) is 0 Å².